The third-order valence-electron chi connectivity index (χ3n) is 4.41. The second kappa shape index (κ2) is 7.52. The number of ether oxygens (including phenoxy) is 1. The number of hydrogen-bond donors (Lipinski definition) is 1. The van der Waals surface area contributed by atoms with E-state index in [1.807, 2.05) is 44.2 Å². The summed E-state index contributed by atoms with van der Waals surface area (Å²) in [5.41, 5.74) is 5.55. The number of amides is 1. The van der Waals surface area contributed by atoms with Crippen LogP contribution in [0.4, 0.5) is 5.69 Å². The largest absolute Gasteiger partial charge is 0.481 e. The van der Waals surface area contributed by atoms with Gasteiger partial charge in [0.05, 0.1) is 0 Å². The van der Waals surface area contributed by atoms with E-state index in [1.54, 1.807) is 6.92 Å². The molecule has 0 bridgehead atoms. The molecule has 128 valence electrons. The van der Waals surface area contributed by atoms with Gasteiger partial charge in [-0.05, 0) is 74.1 Å². The maximum atomic E-state index is 12.4. The zero-order valence-corrected chi connectivity index (χ0v) is 15.4. The maximum absolute atomic E-state index is 12.4. The van der Waals surface area contributed by atoms with Gasteiger partial charge >= 0.3 is 0 Å². The number of carbonyl (C=O) groups excluding carboxylic acids is 1. The first-order valence-electron chi connectivity index (χ1n) is 8.44. The molecule has 1 amide bonds. The van der Waals surface area contributed by atoms with E-state index in [1.165, 1.54) is 11.1 Å². The fourth-order valence-electron chi connectivity index (χ4n) is 2.75. The second-order valence-electron chi connectivity index (χ2n) is 6.67. The first-order chi connectivity index (χ1) is 11.3. The van der Waals surface area contributed by atoms with Gasteiger partial charge in [0.25, 0.3) is 5.91 Å². The van der Waals surface area contributed by atoms with Gasteiger partial charge in [-0.2, -0.15) is 0 Å². The molecular weight excluding hydrogens is 298 g/mol. The minimum Gasteiger partial charge on any atom is -0.481 e. The second-order valence-corrected chi connectivity index (χ2v) is 6.67. The smallest absolute Gasteiger partial charge is 0.265 e. The third-order valence-corrected chi connectivity index (χ3v) is 4.41. The molecule has 2 rings (SSSR count). The van der Waals surface area contributed by atoms with Crippen molar-refractivity contribution in [1.82, 2.24) is 0 Å². The summed E-state index contributed by atoms with van der Waals surface area (Å²) in [7, 11) is 0. The number of aryl methyl sites for hydroxylation is 2. The Kier molecular flexibility index (Phi) is 5.66. The summed E-state index contributed by atoms with van der Waals surface area (Å²) in [6.45, 7) is 12.2. The molecule has 24 heavy (non-hydrogen) atoms. The van der Waals surface area contributed by atoms with Crippen molar-refractivity contribution in [2.24, 2.45) is 0 Å². The van der Waals surface area contributed by atoms with Crippen molar-refractivity contribution in [3.05, 3.63) is 58.7 Å². The Labute approximate surface area is 145 Å². The van der Waals surface area contributed by atoms with Crippen molar-refractivity contribution in [2.45, 2.75) is 53.6 Å². The molecule has 0 spiro atoms. The summed E-state index contributed by atoms with van der Waals surface area (Å²) in [6, 6.07) is 11.9. The summed E-state index contributed by atoms with van der Waals surface area (Å²) in [5.74, 6) is 1.05. The normalized spacial score (nSPS) is 12.1. The monoisotopic (exact) mass is 325 g/mol. The minimum atomic E-state index is -0.561. The minimum absolute atomic E-state index is 0.144. The number of carbonyl (C=O) groups is 1. The Morgan fingerprint density at radius 2 is 1.71 bits per heavy atom. The summed E-state index contributed by atoms with van der Waals surface area (Å²) in [5, 5.41) is 2.95. The van der Waals surface area contributed by atoms with Crippen LogP contribution in [0.2, 0.25) is 0 Å². The first-order valence-corrected chi connectivity index (χ1v) is 8.44. The molecule has 0 aliphatic rings. The molecule has 0 fully saturated rings. The third kappa shape index (κ3) is 4.16. The molecule has 3 heteroatoms. The van der Waals surface area contributed by atoms with E-state index >= 15 is 0 Å². The molecule has 1 atom stereocenters. The van der Waals surface area contributed by atoms with Crippen LogP contribution in [-0.2, 0) is 4.79 Å². The highest BCUT2D eigenvalue weighted by Gasteiger charge is 2.16. The fourth-order valence-corrected chi connectivity index (χ4v) is 2.75. The molecule has 0 heterocycles. The molecule has 0 aliphatic heterocycles. The van der Waals surface area contributed by atoms with E-state index in [4.69, 9.17) is 4.74 Å². The van der Waals surface area contributed by atoms with E-state index < -0.39 is 6.10 Å². The van der Waals surface area contributed by atoms with Crippen LogP contribution in [-0.4, -0.2) is 12.0 Å². The van der Waals surface area contributed by atoms with Crippen molar-refractivity contribution in [3.63, 3.8) is 0 Å². The number of benzene rings is 2. The predicted octanol–water partition coefficient (Wildman–Crippen LogP) is 5.14. The van der Waals surface area contributed by atoms with Gasteiger partial charge in [-0.15, -0.1) is 0 Å². The molecule has 0 saturated heterocycles. The van der Waals surface area contributed by atoms with Crippen molar-refractivity contribution < 1.29 is 9.53 Å². The quantitative estimate of drug-likeness (QED) is 0.826. The average molecular weight is 325 g/mol. The van der Waals surface area contributed by atoms with Gasteiger partial charge in [-0.1, -0.05) is 32.0 Å². The molecule has 0 aromatic heterocycles. The van der Waals surface area contributed by atoms with Gasteiger partial charge in [0, 0.05) is 5.69 Å². The Balaban J connectivity index is 2.06. The SMILES string of the molecule is Cc1cc(OC(C)C(=O)Nc2cccc(C)c2C)ccc1C(C)C. The zero-order chi connectivity index (χ0) is 17.9. The van der Waals surface area contributed by atoms with Crippen LogP contribution < -0.4 is 10.1 Å². The van der Waals surface area contributed by atoms with Crippen LogP contribution in [0.25, 0.3) is 0 Å². The number of nitrogens with one attached hydrogen (secondary N) is 1. The van der Waals surface area contributed by atoms with Gasteiger partial charge in [0.15, 0.2) is 6.10 Å². The average Bonchev–Trinajstić information content (AvgIpc) is 2.51. The van der Waals surface area contributed by atoms with Gasteiger partial charge < -0.3 is 10.1 Å². The summed E-state index contributed by atoms with van der Waals surface area (Å²) in [6.07, 6.45) is -0.561. The van der Waals surface area contributed by atoms with Gasteiger partial charge in [-0.25, -0.2) is 0 Å². The number of anilines is 1. The standard InChI is InChI=1S/C21H27NO2/c1-13(2)19-11-10-18(12-15(19)4)24-17(6)21(23)22-20-9-7-8-14(3)16(20)5/h7-13,17H,1-6H3,(H,22,23). The molecule has 3 nitrogen and oxygen atoms in total. The van der Waals surface area contributed by atoms with E-state index in [0.29, 0.717) is 5.92 Å². The van der Waals surface area contributed by atoms with Crippen LogP contribution in [0.1, 0.15) is 48.9 Å². The lowest BCUT2D eigenvalue weighted by Gasteiger charge is -2.18. The van der Waals surface area contributed by atoms with Crippen molar-refractivity contribution in [3.8, 4) is 5.75 Å². The molecule has 0 radical (unpaired) electrons. The van der Waals surface area contributed by atoms with Crippen molar-refractivity contribution in [1.29, 1.82) is 0 Å². The van der Waals surface area contributed by atoms with Crippen LogP contribution in [0.15, 0.2) is 36.4 Å². The lowest BCUT2D eigenvalue weighted by atomic mass is 9.98. The van der Waals surface area contributed by atoms with Crippen LogP contribution >= 0.6 is 0 Å². The van der Waals surface area contributed by atoms with Gasteiger partial charge in [0.2, 0.25) is 0 Å². The summed E-state index contributed by atoms with van der Waals surface area (Å²) in [4.78, 5) is 12.4. The van der Waals surface area contributed by atoms with Crippen LogP contribution in [0.5, 0.6) is 5.75 Å². The molecule has 2 aromatic rings. The fraction of sp³-hybridized carbons (Fsp3) is 0.381. The number of hydrogen-bond acceptors (Lipinski definition) is 2. The lowest BCUT2D eigenvalue weighted by Crippen LogP contribution is -2.30. The molecule has 0 aliphatic carbocycles. The van der Waals surface area contributed by atoms with E-state index in [-0.39, 0.29) is 5.91 Å². The van der Waals surface area contributed by atoms with Crippen molar-refractivity contribution >= 4 is 11.6 Å². The van der Waals surface area contributed by atoms with Crippen molar-refractivity contribution in [2.75, 3.05) is 5.32 Å². The highest BCUT2D eigenvalue weighted by molar-refractivity contribution is 5.94. The Hall–Kier alpha value is -2.29. The summed E-state index contributed by atoms with van der Waals surface area (Å²) >= 11 is 0. The van der Waals surface area contributed by atoms with E-state index in [9.17, 15) is 4.79 Å². The van der Waals surface area contributed by atoms with Crippen LogP contribution in [0, 0.1) is 20.8 Å². The molecular formula is C21H27NO2. The van der Waals surface area contributed by atoms with Gasteiger partial charge in [-0.3, -0.25) is 4.79 Å². The maximum Gasteiger partial charge on any atom is 0.265 e. The zero-order valence-electron chi connectivity index (χ0n) is 15.4. The topological polar surface area (TPSA) is 38.3 Å². The lowest BCUT2D eigenvalue weighted by molar-refractivity contribution is -0.122. The molecule has 2 aromatic carbocycles. The molecule has 1 unspecified atom stereocenters. The highest BCUT2D eigenvalue weighted by atomic mass is 16.5. The Bertz CT molecular complexity index is 735. The van der Waals surface area contributed by atoms with E-state index in [0.717, 1.165) is 22.6 Å². The van der Waals surface area contributed by atoms with Gasteiger partial charge in [0.1, 0.15) is 5.75 Å². The highest BCUT2D eigenvalue weighted by Crippen LogP contribution is 2.24. The predicted molar refractivity (Wildman–Crippen MR) is 99.9 cm³/mol. The molecule has 1 N–H and O–H groups in total. The summed E-state index contributed by atoms with van der Waals surface area (Å²) < 4.78 is 5.82. The van der Waals surface area contributed by atoms with E-state index in [2.05, 4.69) is 32.2 Å². The molecule has 0 saturated carbocycles. The number of rotatable bonds is 5. The Morgan fingerprint density at radius 1 is 1.00 bits per heavy atom. The van der Waals surface area contributed by atoms with Crippen LogP contribution in [0.3, 0.4) is 0 Å². The first kappa shape index (κ1) is 18.1. The Morgan fingerprint density at radius 3 is 2.33 bits per heavy atom.